The van der Waals surface area contributed by atoms with Gasteiger partial charge in [0.2, 0.25) is 5.91 Å². The van der Waals surface area contributed by atoms with Crippen molar-refractivity contribution < 1.29 is 4.79 Å². The molecule has 1 aliphatic heterocycles. The van der Waals surface area contributed by atoms with Crippen molar-refractivity contribution in [2.24, 2.45) is 5.41 Å². The smallest absolute Gasteiger partial charge is 0.236 e. The van der Waals surface area contributed by atoms with Gasteiger partial charge in [-0.2, -0.15) is 0 Å². The molecule has 1 saturated heterocycles. The summed E-state index contributed by atoms with van der Waals surface area (Å²) >= 11 is 0. The van der Waals surface area contributed by atoms with Gasteiger partial charge in [-0.3, -0.25) is 4.79 Å². The van der Waals surface area contributed by atoms with Crippen molar-refractivity contribution in [2.75, 3.05) is 13.6 Å². The molecule has 1 saturated carbocycles. The normalized spacial score (nSPS) is 32.3. The van der Waals surface area contributed by atoms with E-state index in [2.05, 4.69) is 10.6 Å². The van der Waals surface area contributed by atoms with E-state index in [1.165, 1.54) is 12.8 Å². The van der Waals surface area contributed by atoms with E-state index < -0.39 is 0 Å². The Kier molecular flexibility index (Phi) is 1.42. The van der Waals surface area contributed by atoms with E-state index >= 15 is 0 Å². The summed E-state index contributed by atoms with van der Waals surface area (Å²) in [7, 11) is 1.70. The molecule has 2 aliphatic rings. The van der Waals surface area contributed by atoms with Gasteiger partial charge in [-0.25, -0.2) is 0 Å². The van der Waals surface area contributed by atoms with Gasteiger partial charge in [0.25, 0.3) is 0 Å². The maximum atomic E-state index is 11.2. The summed E-state index contributed by atoms with van der Waals surface area (Å²) in [4.78, 5) is 11.2. The second-order valence-electron chi connectivity index (χ2n) is 3.75. The van der Waals surface area contributed by atoms with Crippen LogP contribution in [0.5, 0.6) is 0 Å². The number of hydrogen-bond acceptors (Lipinski definition) is 2. The Morgan fingerprint density at radius 1 is 1.64 bits per heavy atom. The topological polar surface area (TPSA) is 41.1 Å². The van der Waals surface area contributed by atoms with Crippen molar-refractivity contribution in [3.8, 4) is 0 Å². The van der Waals surface area contributed by atoms with Gasteiger partial charge in [0, 0.05) is 13.6 Å². The van der Waals surface area contributed by atoms with Gasteiger partial charge < -0.3 is 10.6 Å². The van der Waals surface area contributed by atoms with Crippen molar-refractivity contribution in [2.45, 2.75) is 25.3 Å². The zero-order chi connectivity index (χ0) is 7.90. The van der Waals surface area contributed by atoms with Crippen LogP contribution < -0.4 is 10.6 Å². The molecule has 62 valence electrons. The predicted octanol–water partition coefficient (Wildman–Crippen LogP) is -0.126. The molecule has 1 heterocycles. The maximum absolute atomic E-state index is 11.2. The van der Waals surface area contributed by atoms with Crippen LogP contribution in [0, 0.1) is 5.41 Å². The van der Waals surface area contributed by atoms with E-state index in [1.54, 1.807) is 7.05 Å². The summed E-state index contributed by atoms with van der Waals surface area (Å²) in [5.74, 6) is 0.147. The van der Waals surface area contributed by atoms with Crippen molar-refractivity contribution in [1.29, 1.82) is 0 Å². The molecule has 1 atom stereocenters. The Bertz CT molecular complexity index is 187. The molecule has 3 heteroatoms. The Labute approximate surface area is 66.5 Å². The van der Waals surface area contributed by atoms with E-state index in [-0.39, 0.29) is 11.9 Å². The first-order valence-corrected chi connectivity index (χ1v) is 4.21. The van der Waals surface area contributed by atoms with E-state index in [4.69, 9.17) is 0 Å². The highest BCUT2D eigenvalue weighted by atomic mass is 16.2. The molecule has 3 nitrogen and oxygen atoms in total. The third-order valence-corrected chi connectivity index (χ3v) is 2.88. The highest BCUT2D eigenvalue weighted by Crippen LogP contribution is 2.51. The molecule has 2 fully saturated rings. The third-order valence-electron chi connectivity index (χ3n) is 2.88. The molecule has 0 bridgehead atoms. The second-order valence-corrected chi connectivity index (χ2v) is 3.75. The maximum Gasteiger partial charge on any atom is 0.236 e. The number of carbonyl (C=O) groups is 1. The Balaban J connectivity index is 1.94. The number of carbonyl (C=O) groups excluding carboxylic acids is 1. The summed E-state index contributed by atoms with van der Waals surface area (Å²) in [6.45, 7) is 1.05. The Morgan fingerprint density at radius 3 is 2.82 bits per heavy atom. The van der Waals surface area contributed by atoms with Crippen LogP contribution in [-0.4, -0.2) is 25.5 Å². The van der Waals surface area contributed by atoms with Gasteiger partial charge in [-0.15, -0.1) is 0 Å². The number of likely N-dealkylation sites (N-methyl/N-ethyl adjacent to an activating group) is 1. The van der Waals surface area contributed by atoms with Gasteiger partial charge in [-0.05, 0) is 24.7 Å². The van der Waals surface area contributed by atoms with Crippen LogP contribution >= 0.6 is 0 Å². The summed E-state index contributed by atoms with van der Waals surface area (Å²) < 4.78 is 0. The van der Waals surface area contributed by atoms with Gasteiger partial charge in [-0.1, -0.05) is 0 Å². The summed E-state index contributed by atoms with van der Waals surface area (Å²) in [5.41, 5.74) is 0.525. The van der Waals surface area contributed by atoms with Crippen LogP contribution in [0.4, 0.5) is 0 Å². The van der Waals surface area contributed by atoms with Crippen LogP contribution in [0.15, 0.2) is 0 Å². The van der Waals surface area contributed by atoms with Crippen LogP contribution in [0.1, 0.15) is 19.3 Å². The van der Waals surface area contributed by atoms with Gasteiger partial charge in [0.15, 0.2) is 0 Å². The lowest BCUT2D eigenvalue weighted by atomic mass is 10.0. The van der Waals surface area contributed by atoms with Gasteiger partial charge in [0.1, 0.15) is 0 Å². The van der Waals surface area contributed by atoms with E-state index in [1.807, 2.05) is 0 Å². The number of amides is 1. The average molecular weight is 154 g/mol. The molecule has 0 aromatic carbocycles. The zero-order valence-electron chi connectivity index (χ0n) is 6.81. The molecule has 0 radical (unpaired) electrons. The monoisotopic (exact) mass is 154 g/mol. The van der Waals surface area contributed by atoms with Crippen molar-refractivity contribution in [3.63, 3.8) is 0 Å². The van der Waals surface area contributed by atoms with Crippen molar-refractivity contribution in [3.05, 3.63) is 0 Å². The third kappa shape index (κ3) is 1.13. The largest absolute Gasteiger partial charge is 0.358 e. The van der Waals surface area contributed by atoms with Crippen LogP contribution in [0.3, 0.4) is 0 Å². The molecular weight excluding hydrogens is 140 g/mol. The van der Waals surface area contributed by atoms with Crippen molar-refractivity contribution in [1.82, 2.24) is 10.6 Å². The lowest BCUT2D eigenvalue weighted by Gasteiger charge is -2.06. The molecule has 1 aliphatic carbocycles. The average Bonchev–Trinajstić information content (AvgIpc) is 2.61. The molecule has 11 heavy (non-hydrogen) atoms. The van der Waals surface area contributed by atoms with Gasteiger partial charge in [0.05, 0.1) is 6.04 Å². The van der Waals surface area contributed by atoms with Crippen molar-refractivity contribution >= 4 is 5.91 Å². The fourth-order valence-electron chi connectivity index (χ4n) is 1.83. The summed E-state index contributed by atoms with van der Waals surface area (Å²) in [6, 6.07) is 0.0856. The minimum Gasteiger partial charge on any atom is -0.358 e. The first-order chi connectivity index (χ1) is 5.26. The quantitative estimate of drug-likeness (QED) is 0.552. The fourth-order valence-corrected chi connectivity index (χ4v) is 1.83. The Hall–Kier alpha value is -0.570. The van der Waals surface area contributed by atoms with E-state index in [0.29, 0.717) is 5.41 Å². The molecule has 0 unspecified atom stereocenters. The summed E-state index contributed by atoms with van der Waals surface area (Å²) in [5, 5.41) is 5.92. The molecule has 1 spiro atoms. The molecule has 0 aromatic heterocycles. The number of rotatable bonds is 1. The minimum absolute atomic E-state index is 0.0856. The highest BCUT2D eigenvalue weighted by molar-refractivity contribution is 5.82. The van der Waals surface area contributed by atoms with Crippen LogP contribution in [-0.2, 0) is 4.79 Å². The highest BCUT2D eigenvalue weighted by Gasteiger charge is 2.49. The minimum atomic E-state index is 0.0856. The molecule has 2 rings (SSSR count). The zero-order valence-corrected chi connectivity index (χ0v) is 6.81. The molecule has 0 aromatic rings. The Morgan fingerprint density at radius 2 is 2.36 bits per heavy atom. The molecule has 2 N–H and O–H groups in total. The first-order valence-electron chi connectivity index (χ1n) is 4.21. The number of nitrogens with one attached hydrogen (secondary N) is 2. The predicted molar refractivity (Wildman–Crippen MR) is 42.1 cm³/mol. The first kappa shape index (κ1) is 7.10. The van der Waals surface area contributed by atoms with E-state index in [9.17, 15) is 4.79 Å². The fraction of sp³-hybridized carbons (Fsp3) is 0.875. The number of hydrogen-bond donors (Lipinski definition) is 2. The molecular formula is C8H14N2O. The van der Waals surface area contributed by atoms with Crippen LogP contribution in [0.2, 0.25) is 0 Å². The summed E-state index contributed by atoms with van der Waals surface area (Å²) in [6.07, 6.45) is 3.67. The SMILES string of the molecule is CNC(=O)[C@H]1CC2(CC2)CN1. The standard InChI is InChI=1S/C8H14N2O/c1-9-7(11)6-4-8(2-3-8)5-10-6/h6,10H,2-5H2,1H3,(H,9,11)/t6-/m1/s1. The lowest BCUT2D eigenvalue weighted by Crippen LogP contribution is -2.38. The second kappa shape index (κ2) is 2.21. The lowest BCUT2D eigenvalue weighted by molar-refractivity contribution is -0.122. The molecule has 1 amide bonds. The van der Waals surface area contributed by atoms with E-state index in [0.717, 1.165) is 13.0 Å². The van der Waals surface area contributed by atoms with Crippen LogP contribution in [0.25, 0.3) is 0 Å². The van der Waals surface area contributed by atoms with Gasteiger partial charge >= 0.3 is 0 Å².